The van der Waals surface area contributed by atoms with E-state index in [0.717, 1.165) is 50.8 Å². The number of ether oxygens (including phenoxy) is 2. The van der Waals surface area contributed by atoms with Gasteiger partial charge in [-0.1, -0.05) is 89.7 Å². The number of likely N-dealkylation sites (N-methyl/N-ethyl adjacent to an activating group) is 1. The second-order valence-corrected chi connectivity index (χ2v) is 11.0. The summed E-state index contributed by atoms with van der Waals surface area (Å²) in [6.45, 7) is 3.14. The molecule has 1 aliphatic rings. The second kappa shape index (κ2) is 18.9. The molecule has 36 heavy (non-hydrogen) atoms. The lowest BCUT2D eigenvalue weighted by Crippen LogP contribution is -2.46. The quantitative estimate of drug-likeness (QED) is 0.142. The van der Waals surface area contributed by atoms with E-state index in [4.69, 9.17) is 9.47 Å². The standard InChI is InChI=1S/C31H53NO3.ClH/c1-5-6-7-8-9-10-11-12-13-14-16-19-30(33)35-31(24-17-15-18-25-31)29(26-32(2)3)27-20-22-28(34-4)23-21-27;/h20-23,29H,5-19,24-26H2,1-4H3;1H. The fourth-order valence-electron chi connectivity index (χ4n) is 5.66. The first-order chi connectivity index (χ1) is 17.0. The summed E-state index contributed by atoms with van der Waals surface area (Å²) in [7, 11) is 5.92. The highest BCUT2D eigenvalue weighted by Crippen LogP contribution is 2.44. The molecule has 0 spiro atoms. The van der Waals surface area contributed by atoms with Crippen molar-refractivity contribution in [3.8, 4) is 5.75 Å². The lowest BCUT2D eigenvalue weighted by Gasteiger charge is -2.44. The van der Waals surface area contributed by atoms with E-state index in [9.17, 15) is 4.79 Å². The minimum Gasteiger partial charge on any atom is -0.497 e. The number of nitrogens with zero attached hydrogens (tertiary/aromatic N) is 1. The van der Waals surface area contributed by atoms with Crippen molar-refractivity contribution >= 4 is 18.4 Å². The van der Waals surface area contributed by atoms with E-state index < -0.39 is 5.60 Å². The van der Waals surface area contributed by atoms with Crippen LogP contribution in [0.15, 0.2) is 24.3 Å². The first-order valence-corrected chi connectivity index (χ1v) is 14.5. The largest absolute Gasteiger partial charge is 0.497 e. The maximum absolute atomic E-state index is 13.0. The van der Waals surface area contributed by atoms with Crippen molar-refractivity contribution in [2.45, 2.75) is 128 Å². The van der Waals surface area contributed by atoms with Gasteiger partial charge in [0.25, 0.3) is 0 Å². The predicted molar refractivity (Wildman–Crippen MR) is 155 cm³/mol. The lowest BCUT2D eigenvalue weighted by molar-refractivity contribution is -0.167. The van der Waals surface area contributed by atoms with Crippen LogP contribution in [0.4, 0.5) is 0 Å². The molecule has 0 amide bonds. The molecule has 0 N–H and O–H groups in total. The van der Waals surface area contributed by atoms with Crippen LogP contribution in [0.2, 0.25) is 0 Å². The summed E-state index contributed by atoms with van der Waals surface area (Å²) in [4.78, 5) is 15.3. The molecule has 0 radical (unpaired) electrons. The smallest absolute Gasteiger partial charge is 0.306 e. The summed E-state index contributed by atoms with van der Waals surface area (Å²) in [5, 5.41) is 0. The summed E-state index contributed by atoms with van der Waals surface area (Å²) in [6, 6.07) is 8.37. The van der Waals surface area contributed by atoms with Gasteiger partial charge in [-0.05, 0) is 63.9 Å². The molecule has 1 fully saturated rings. The molecule has 0 bridgehead atoms. The number of carbonyl (C=O) groups excluding carboxylic acids is 1. The van der Waals surface area contributed by atoms with Crippen molar-refractivity contribution in [1.82, 2.24) is 4.90 Å². The van der Waals surface area contributed by atoms with Crippen LogP contribution in [-0.4, -0.2) is 44.2 Å². The van der Waals surface area contributed by atoms with Crippen molar-refractivity contribution < 1.29 is 14.3 Å². The molecular weight excluding hydrogens is 470 g/mol. The first kappa shape index (κ1) is 32.8. The van der Waals surface area contributed by atoms with Crippen LogP contribution in [0.3, 0.4) is 0 Å². The van der Waals surface area contributed by atoms with Crippen molar-refractivity contribution in [2.24, 2.45) is 0 Å². The lowest BCUT2D eigenvalue weighted by atomic mass is 9.72. The van der Waals surface area contributed by atoms with Gasteiger partial charge in [0.05, 0.1) is 7.11 Å². The average molecular weight is 524 g/mol. The summed E-state index contributed by atoms with van der Waals surface area (Å²) < 4.78 is 11.8. The summed E-state index contributed by atoms with van der Waals surface area (Å²) in [5.41, 5.74) is 0.843. The maximum Gasteiger partial charge on any atom is 0.306 e. The third-order valence-corrected chi connectivity index (χ3v) is 7.70. The van der Waals surface area contributed by atoms with E-state index in [2.05, 4.69) is 38.1 Å². The Morgan fingerprint density at radius 1 is 0.861 bits per heavy atom. The number of rotatable bonds is 18. The Bertz CT molecular complexity index is 686. The van der Waals surface area contributed by atoms with Crippen LogP contribution >= 0.6 is 12.4 Å². The Labute approximate surface area is 228 Å². The van der Waals surface area contributed by atoms with E-state index in [1.807, 2.05) is 12.1 Å². The van der Waals surface area contributed by atoms with Crippen LogP contribution in [0, 0.1) is 0 Å². The van der Waals surface area contributed by atoms with Crippen LogP contribution in [0.1, 0.15) is 128 Å². The molecule has 1 unspecified atom stereocenters. The zero-order valence-corrected chi connectivity index (χ0v) is 24.5. The molecule has 5 heteroatoms. The Kier molecular flexibility index (Phi) is 17.2. The Balaban J connectivity index is 0.00000648. The molecule has 1 aliphatic carbocycles. The molecule has 208 valence electrons. The van der Waals surface area contributed by atoms with Gasteiger partial charge in [0.2, 0.25) is 0 Å². The third-order valence-electron chi connectivity index (χ3n) is 7.70. The third kappa shape index (κ3) is 11.9. The highest BCUT2D eigenvalue weighted by Gasteiger charge is 2.44. The van der Waals surface area contributed by atoms with Gasteiger partial charge in [0.15, 0.2) is 0 Å². The minimum absolute atomic E-state index is 0. The Hall–Kier alpha value is -1.26. The van der Waals surface area contributed by atoms with Crippen molar-refractivity contribution in [3.05, 3.63) is 29.8 Å². The Morgan fingerprint density at radius 2 is 1.39 bits per heavy atom. The van der Waals surface area contributed by atoms with Gasteiger partial charge in [-0.2, -0.15) is 0 Å². The number of carbonyl (C=O) groups is 1. The van der Waals surface area contributed by atoms with Crippen LogP contribution < -0.4 is 4.74 Å². The topological polar surface area (TPSA) is 38.8 Å². The fraction of sp³-hybridized carbons (Fsp3) is 0.774. The molecule has 0 heterocycles. The molecule has 0 aliphatic heterocycles. The van der Waals surface area contributed by atoms with Crippen molar-refractivity contribution in [1.29, 1.82) is 0 Å². The highest BCUT2D eigenvalue weighted by atomic mass is 35.5. The molecule has 1 aromatic carbocycles. The average Bonchev–Trinajstić information content (AvgIpc) is 2.86. The Morgan fingerprint density at radius 3 is 1.89 bits per heavy atom. The van der Waals surface area contributed by atoms with Gasteiger partial charge in [-0.25, -0.2) is 0 Å². The number of methoxy groups -OCH3 is 1. The van der Waals surface area contributed by atoms with Crippen LogP contribution in [-0.2, 0) is 9.53 Å². The van der Waals surface area contributed by atoms with E-state index in [1.54, 1.807) is 7.11 Å². The number of benzene rings is 1. The number of halogens is 1. The summed E-state index contributed by atoms with van der Waals surface area (Å²) in [5.74, 6) is 1.04. The molecule has 1 atom stereocenters. The van der Waals surface area contributed by atoms with E-state index in [0.29, 0.717) is 6.42 Å². The number of esters is 1. The number of hydrogen-bond acceptors (Lipinski definition) is 4. The predicted octanol–water partition coefficient (Wildman–Crippen LogP) is 8.71. The number of unbranched alkanes of at least 4 members (excludes halogenated alkanes) is 10. The van der Waals surface area contributed by atoms with Gasteiger partial charge < -0.3 is 14.4 Å². The monoisotopic (exact) mass is 523 g/mol. The highest BCUT2D eigenvalue weighted by molar-refractivity contribution is 5.85. The van der Waals surface area contributed by atoms with E-state index >= 15 is 0 Å². The molecule has 0 aromatic heterocycles. The van der Waals surface area contributed by atoms with Gasteiger partial charge in [-0.15, -0.1) is 12.4 Å². The van der Waals surface area contributed by atoms with Gasteiger partial charge in [0.1, 0.15) is 11.4 Å². The fourth-order valence-corrected chi connectivity index (χ4v) is 5.66. The minimum atomic E-state index is -0.397. The van der Waals surface area contributed by atoms with Gasteiger partial charge in [-0.3, -0.25) is 4.79 Å². The van der Waals surface area contributed by atoms with Crippen molar-refractivity contribution in [3.63, 3.8) is 0 Å². The summed E-state index contributed by atoms with van der Waals surface area (Å²) in [6.07, 6.45) is 20.2. The van der Waals surface area contributed by atoms with Gasteiger partial charge >= 0.3 is 5.97 Å². The zero-order chi connectivity index (χ0) is 25.4. The zero-order valence-electron chi connectivity index (χ0n) is 23.7. The van der Waals surface area contributed by atoms with E-state index in [1.165, 1.54) is 69.8 Å². The van der Waals surface area contributed by atoms with Crippen molar-refractivity contribution in [2.75, 3.05) is 27.7 Å². The van der Waals surface area contributed by atoms with Crippen LogP contribution in [0.25, 0.3) is 0 Å². The second-order valence-electron chi connectivity index (χ2n) is 11.0. The van der Waals surface area contributed by atoms with Crippen LogP contribution in [0.5, 0.6) is 5.75 Å². The van der Waals surface area contributed by atoms with Gasteiger partial charge in [0, 0.05) is 18.9 Å². The molecule has 4 nitrogen and oxygen atoms in total. The first-order valence-electron chi connectivity index (χ1n) is 14.5. The molecule has 2 rings (SSSR count). The molecule has 1 saturated carbocycles. The normalized spacial score (nSPS) is 15.8. The maximum atomic E-state index is 13.0. The molecule has 1 aromatic rings. The molecular formula is C31H54ClNO3. The summed E-state index contributed by atoms with van der Waals surface area (Å²) >= 11 is 0. The number of hydrogen-bond donors (Lipinski definition) is 0. The SMILES string of the molecule is CCCCCCCCCCCCCC(=O)OC1(C(CN(C)C)c2ccc(OC)cc2)CCCCC1.Cl. The molecule has 0 saturated heterocycles. The van der Waals surface area contributed by atoms with E-state index in [-0.39, 0.29) is 24.3 Å².